The minimum atomic E-state index is -3.53. The molecule has 0 saturated carbocycles. The Kier molecular flexibility index (Phi) is 3.63. The molecule has 0 aliphatic carbocycles. The Labute approximate surface area is 111 Å². The molecule has 104 valence electrons. The van der Waals surface area contributed by atoms with E-state index in [9.17, 15) is 8.42 Å². The molecule has 2 heterocycles. The molecule has 0 fully saturated rings. The van der Waals surface area contributed by atoms with Crippen LogP contribution in [0.4, 0.5) is 5.69 Å². The van der Waals surface area contributed by atoms with Crippen LogP contribution in [0.25, 0.3) is 0 Å². The minimum absolute atomic E-state index is 0.0903. The molecule has 0 aliphatic rings. The van der Waals surface area contributed by atoms with E-state index >= 15 is 0 Å². The van der Waals surface area contributed by atoms with Gasteiger partial charge in [0.1, 0.15) is 5.76 Å². The normalized spacial score (nSPS) is 11.7. The van der Waals surface area contributed by atoms with Crippen molar-refractivity contribution in [2.45, 2.75) is 25.5 Å². The largest absolute Gasteiger partial charge is 0.446 e. The molecule has 0 amide bonds. The number of aromatic nitrogens is 2. The van der Waals surface area contributed by atoms with Crippen LogP contribution < -0.4 is 10.0 Å². The number of H-pyrrole nitrogens is 1. The molecule has 2 rings (SSSR count). The van der Waals surface area contributed by atoms with Gasteiger partial charge in [-0.3, -0.25) is 5.10 Å². The highest BCUT2D eigenvalue weighted by atomic mass is 32.2. The van der Waals surface area contributed by atoms with Crippen LogP contribution in [0.3, 0.4) is 0 Å². The summed E-state index contributed by atoms with van der Waals surface area (Å²) in [6.07, 6.45) is 0. The van der Waals surface area contributed by atoms with Crippen LogP contribution in [0, 0.1) is 13.8 Å². The molecule has 0 aromatic carbocycles. The fraction of sp³-hybridized carbons (Fsp3) is 0.364. The van der Waals surface area contributed by atoms with Gasteiger partial charge in [-0.25, -0.2) is 13.1 Å². The zero-order valence-corrected chi connectivity index (χ0v) is 11.8. The van der Waals surface area contributed by atoms with E-state index in [0.717, 1.165) is 17.1 Å². The summed E-state index contributed by atoms with van der Waals surface area (Å²) in [5, 5.41) is 9.99. The van der Waals surface area contributed by atoms with E-state index < -0.39 is 10.0 Å². The number of nitrogens with zero attached hydrogens (tertiary/aromatic N) is 1. The van der Waals surface area contributed by atoms with Gasteiger partial charge in [-0.1, -0.05) is 0 Å². The van der Waals surface area contributed by atoms with Crippen molar-refractivity contribution in [3.05, 3.63) is 29.3 Å². The minimum Gasteiger partial charge on any atom is -0.446 e. The number of furan rings is 1. The van der Waals surface area contributed by atoms with Crippen LogP contribution in [0.1, 0.15) is 17.1 Å². The first kappa shape index (κ1) is 13.6. The second-order valence-electron chi connectivity index (χ2n) is 4.09. The van der Waals surface area contributed by atoms with E-state index in [-0.39, 0.29) is 5.09 Å². The van der Waals surface area contributed by atoms with Crippen molar-refractivity contribution in [3.8, 4) is 0 Å². The third-order valence-electron chi connectivity index (χ3n) is 2.74. The zero-order valence-electron chi connectivity index (χ0n) is 10.9. The summed E-state index contributed by atoms with van der Waals surface area (Å²) in [5.41, 5.74) is 2.67. The molecule has 0 saturated heterocycles. The smallest absolute Gasteiger partial charge is 0.273 e. The summed E-state index contributed by atoms with van der Waals surface area (Å²) in [5.74, 6) is 0.536. The second kappa shape index (κ2) is 5.06. The number of hydrogen-bond acceptors (Lipinski definition) is 5. The monoisotopic (exact) mass is 284 g/mol. The lowest BCUT2D eigenvalue weighted by Gasteiger charge is -2.04. The van der Waals surface area contributed by atoms with Gasteiger partial charge < -0.3 is 9.73 Å². The Bertz CT molecular complexity index is 652. The molecule has 7 nitrogen and oxygen atoms in total. The van der Waals surface area contributed by atoms with Crippen LogP contribution in [-0.4, -0.2) is 25.7 Å². The lowest BCUT2D eigenvalue weighted by atomic mass is 10.3. The third-order valence-corrected chi connectivity index (χ3v) is 4.02. The van der Waals surface area contributed by atoms with Gasteiger partial charge >= 0.3 is 0 Å². The van der Waals surface area contributed by atoms with Crippen molar-refractivity contribution in [1.29, 1.82) is 0 Å². The number of hydrogen-bond donors (Lipinski definition) is 3. The van der Waals surface area contributed by atoms with Crippen LogP contribution in [0.15, 0.2) is 21.6 Å². The van der Waals surface area contributed by atoms with Crippen LogP contribution in [-0.2, 0) is 16.6 Å². The van der Waals surface area contributed by atoms with Crippen LogP contribution in [0.2, 0.25) is 0 Å². The van der Waals surface area contributed by atoms with Crippen molar-refractivity contribution < 1.29 is 12.8 Å². The predicted octanol–water partition coefficient (Wildman–Crippen LogP) is 1.14. The van der Waals surface area contributed by atoms with E-state index in [1.807, 2.05) is 13.8 Å². The molecule has 8 heteroatoms. The van der Waals surface area contributed by atoms with Gasteiger partial charge in [0.05, 0.1) is 23.6 Å². The second-order valence-corrected chi connectivity index (χ2v) is 5.91. The molecule has 0 bridgehead atoms. The number of rotatable bonds is 5. The molecular weight excluding hydrogens is 268 g/mol. The zero-order chi connectivity index (χ0) is 14.0. The molecular formula is C11H16N4O3S. The molecule has 2 aromatic rings. The number of anilines is 1. The lowest BCUT2D eigenvalue weighted by molar-refractivity contribution is 0.417. The van der Waals surface area contributed by atoms with Crippen molar-refractivity contribution in [3.63, 3.8) is 0 Å². The summed E-state index contributed by atoms with van der Waals surface area (Å²) in [4.78, 5) is 0. The highest BCUT2D eigenvalue weighted by molar-refractivity contribution is 7.89. The molecule has 2 aromatic heterocycles. The van der Waals surface area contributed by atoms with E-state index in [0.29, 0.717) is 12.3 Å². The van der Waals surface area contributed by atoms with Gasteiger partial charge in [0, 0.05) is 0 Å². The Balaban J connectivity index is 2.10. The first-order valence-electron chi connectivity index (χ1n) is 5.71. The molecule has 19 heavy (non-hydrogen) atoms. The Morgan fingerprint density at radius 2 is 2.11 bits per heavy atom. The van der Waals surface area contributed by atoms with Crippen LogP contribution in [0.5, 0.6) is 0 Å². The standard InChI is InChI=1S/C11H16N4O3S/c1-7-11(8(2)15-14-7)13-6-9-4-5-10(18-9)19(16,17)12-3/h4-5,12-13H,6H2,1-3H3,(H,14,15). The van der Waals surface area contributed by atoms with E-state index in [2.05, 4.69) is 20.2 Å². The summed E-state index contributed by atoms with van der Waals surface area (Å²) in [7, 11) is -2.19. The predicted molar refractivity (Wildman–Crippen MR) is 70.3 cm³/mol. The topological polar surface area (TPSA) is 100 Å². The van der Waals surface area contributed by atoms with E-state index in [4.69, 9.17) is 4.42 Å². The maximum absolute atomic E-state index is 11.5. The fourth-order valence-electron chi connectivity index (χ4n) is 1.69. The molecule has 0 radical (unpaired) electrons. The van der Waals surface area contributed by atoms with Crippen molar-refractivity contribution in [2.24, 2.45) is 0 Å². The number of aryl methyl sites for hydroxylation is 2. The molecule has 0 aliphatic heterocycles. The van der Waals surface area contributed by atoms with Gasteiger partial charge in [0.15, 0.2) is 0 Å². The molecule has 3 N–H and O–H groups in total. The number of nitrogens with one attached hydrogen (secondary N) is 3. The van der Waals surface area contributed by atoms with E-state index in [1.54, 1.807) is 6.07 Å². The third kappa shape index (κ3) is 2.79. The summed E-state index contributed by atoms with van der Waals surface area (Å²) in [6.45, 7) is 4.17. The maximum Gasteiger partial charge on any atom is 0.273 e. The molecule has 0 spiro atoms. The Morgan fingerprint density at radius 1 is 1.37 bits per heavy atom. The van der Waals surface area contributed by atoms with Gasteiger partial charge in [-0.05, 0) is 33.0 Å². The average Bonchev–Trinajstić information content (AvgIpc) is 2.96. The average molecular weight is 284 g/mol. The summed E-state index contributed by atoms with van der Waals surface area (Å²) >= 11 is 0. The van der Waals surface area contributed by atoms with Crippen molar-refractivity contribution in [2.75, 3.05) is 12.4 Å². The summed E-state index contributed by atoms with van der Waals surface area (Å²) < 4.78 is 30.5. The Hall–Kier alpha value is -1.80. The van der Waals surface area contributed by atoms with Gasteiger partial charge in [0.25, 0.3) is 10.0 Å². The SMILES string of the molecule is CNS(=O)(=O)c1ccc(CNc2c(C)n[nH]c2C)o1. The van der Waals surface area contributed by atoms with Gasteiger partial charge in [-0.2, -0.15) is 5.10 Å². The highest BCUT2D eigenvalue weighted by Gasteiger charge is 2.16. The fourth-order valence-corrected chi connectivity index (χ4v) is 2.35. The molecule has 0 atom stereocenters. The van der Waals surface area contributed by atoms with Crippen molar-refractivity contribution in [1.82, 2.24) is 14.9 Å². The Morgan fingerprint density at radius 3 is 2.68 bits per heavy atom. The highest BCUT2D eigenvalue weighted by Crippen LogP contribution is 2.19. The van der Waals surface area contributed by atoms with Crippen LogP contribution >= 0.6 is 0 Å². The number of sulfonamides is 1. The maximum atomic E-state index is 11.5. The number of aromatic amines is 1. The lowest BCUT2D eigenvalue weighted by Crippen LogP contribution is -2.17. The van der Waals surface area contributed by atoms with Gasteiger partial charge in [-0.15, -0.1) is 0 Å². The quantitative estimate of drug-likeness (QED) is 0.764. The molecule has 0 unspecified atom stereocenters. The van der Waals surface area contributed by atoms with Crippen molar-refractivity contribution >= 4 is 15.7 Å². The first-order valence-corrected chi connectivity index (χ1v) is 7.20. The summed E-state index contributed by atoms with van der Waals surface area (Å²) in [6, 6.07) is 3.06. The van der Waals surface area contributed by atoms with E-state index in [1.165, 1.54) is 13.1 Å². The van der Waals surface area contributed by atoms with Gasteiger partial charge in [0.2, 0.25) is 5.09 Å². The first-order chi connectivity index (χ1) is 8.94.